The van der Waals surface area contributed by atoms with E-state index in [1.54, 1.807) is 18.2 Å². The zero-order valence-electron chi connectivity index (χ0n) is 16.8. The Bertz CT molecular complexity index is 1140. The molecule has 0 aliphatic carbocycles. The first-order valence-electron chi connectivity index (χ1n) is 10.0. The fourth-order valence-electron chi connectivity index (χ4n) is 4.33. The van der Waals surface area contributed by atoms with Gasteiger partial charge in [-0.3, -0.25) is 0 Å². The summed E-state index contributed by atoms with van der Waals surface area (Å²) in [5, 5.41) is 23.5. The summed E-state index contributed by atoms with van der Waals surface area (Å²) in [7, 11) is 1.47. The second-order valence-corrected chi connectivity index (χ2v) is 8.78. The molecule has 160 valence electrons. The molecule has 3 aromatic rings. The Labute approximate surface area is 182 Å². The van der Waals surface area contributed by atoms with Gasteiger partial charge in [0.05, 0.1) is 12.7 Å². The molecule has 0 spiro atoms. The molecule has 2 saturated heterocycles. The van der Waals surface area contributed by atoms with Gasteiger partial charge in [-0.2, -0.15) is 9.97 Å². The summed E-state index contributed by atoms with van der Waals surface area (Å²) in [4.78, 5) is 12.2. The zero-order chi connectivity index (χ0) is 21.5. The third-order valence-electron chi connectivity index (χ3n) is 5.95. The summed E-state index contributed by atoms with van der Waals surface area (Å²) >= 11 is 1.30. The average Bonchev–Trinajstić information content (AvgIpc) is 3.44. The van der Waals surface area contributed by atoms with Gasteiger partial charge in [-0.05, 0) is 37.0 Å². The number of halogens is 1. The van der Waals surface area contributed by atoms with Crippen LogP contribution in [0, 0.1) is 5.92 Å². The van der Waals surface area contributed by atoms with Crippen LogP contribution >= 0.6 is 11.3 Å². The molecule has 10 heteroatoms. The highest BCUT2D eigenvalue weighted by atomic mass is 32.1. The number of rotatable bonds is 5. The van der Waals surface area contributed by atoms with Crippen LogP contribution in [0.4, 0.5) is 4.39 Å². The number of methoxy groups -OCH3 is 1. The predicted molar refractivity (Wildman–Crippen MR) is 114 cm³/mol. The summed E-state index contributed by atoms with van der Waals surface area (Å²) in [5.74, 6) is 0.150. The number of aromatic nitrogens is 5. The van der Waals surface area contributed by atoms with Gasteiger partial charge in [-0.15, -0.1) is 10.2 Å². The molecule has 0 radical (unpaired) electrons. The monoisotopic (exact) mass is 440 g/mol. The highest BCUT2D eigenvalue weighted by Crippen LogP contribution is 2.42. The molecule has 0 amide bonds. The molecule has 2 aliphatic heterocycles. The fourth-order valence-corrected chi connectivity index (χ4v) is 5.24. The van der Waals surface area contributed by atoms with E-state index in [1.165, 1.54) is 24.8 Å². The minimum Gasteiger partial charge on any atom is -0.507 e. The van der Waals surface area contributed by atoms with Gasteiger partial charge < -0.3 is 15.2 Å². The van der Waals surface area contributed by atoms with Crippen molar-refractivity contribution >= 4 is 16.9 Å². The molecular weight excluding hydrogens is 419 g/mol. The molecule has 2 aromatic heterocycles. The summed E-state index contributed by atoms with van der Waals surface area (Å²) < 4.78 is 19.9. The van der Waals surface area contributed by atoms with E-state index in [9.17, 15) is 9.50 Å². The highest BCUT2D eigenvalue weighted by Gasteiger charge is 2.43. The lowest BCUT2D eigenvalue weighted by molar-refractivity contribution is 0.167. The molecule has 5 rings (SSSR count). The maximum atomic E-state index is 14.9. The Balaban J connectivity index is 1.38. The van der Waals surface area contributed by atoms with Crippen molar-refractivity contribution in [1.82, 2.24) is 30.5 Å². The van der Waals surface area contributed by atoms with Crippen LogP contribution in [-0.4, -0.2) is 55.6 Å². The first-order chi connectivity index (χ1) is 15.0. The van der Waals surface area contributed by atoms with Gasteiger partial charge in [-0.25, -0.2) is 9.37 Å². The van der Waals surface area contributed by atoms with Crippen LogP contribution in [0.2, 0.25) is 0 Å². The number of phenols is 1. The van der Waals surface area contributed by atoms with Crippen molar-refractivity contribution in [2.24, 2.45) is 5.92 Å². The maximum Gasteiger partial charge on any atom is 0.319 e. The number of phenolic OH excluding ortho intramolecular Hbond substituents is 1. The van der Waals surface area contributed by atoms with Crippen LogP contribution in [0.3, 0.4) is 0 Å². The second-order valence-electron chi connectivity index (χ2n) is 7.80. The van der Waals surface area contributed by atoms with E-state index >= 15 is 0 Å². The minimum absolute atomic E-state index is 0.0217. The van der Waals surface area contributed by atoms with Crippen molar-refractivity contribution in [3.05, 3.63) is 36.1 Å². The molecule has 4 atom stereocenters. The predicted octanol–water partition coefficient (Wildman–Crippen LogP) is 3.26. The van der Waals surface area contributed by atoms with E-state index in [4.69, 9.17) is 4.74 Å². The summed E-state index contributed by atoms with van der Waals surface area (Å²) in [6.07, 6.45) is 2.97. The number of piperidine rings is 1. The normalized spacial score (nSPS) is 24.8. The lowest BCUT2D eigenvalue weighted by Crippen LogP contribution is -2.47. The Kier molecular flexibility index (Phi) is 5.11. The average molecular weight is 441 g/mol. The van der Waals surface area contributed by atoms with Gasteiger partial charge in [0, 0.05) is 23.6 Å². The highest BCUT2D eigenvalue weighted by molar-refractivity contribution is 7.15. The van der Waals surface area contributed by atoms with Crippen LogP contribution in [-0.2, 0) is 0 Å². The van der Waals surface area contributed by atoms with E-state index in [-0.39, 0.29) is 23.7 Å². The van der Waals surface area contributed by atoms with Crippen LogP contribution in [0.5, 0.6) is 11.8 Å². The number of hydrogen-bond acceptors (Lipinski definition) is 9. The van der Waals surface area contributed by atoms with E-state index in [2.05, 4.69) is 37.0 Å². The lowest BCUT2D eigenvalue weighted by atomic mass is 9.85. The van der Waals surface area contributed by atoms with Crippen LogP contribution < -0.4 is 10.1 Å². The number of aromatic hydroxyl groups is 1. The molecular formula is C21H21FN6O2S. The number of fused-ring (bicyclic) bond motifs is 2. The van der Waals surface area contributed by atoms with Crippen LogP contribution in [0.1, 0.15) is 24.3 Å². The molecule has 2 bridgehead atoms. The van der Waals surface area contributed by atoms with E-state index in [1.807, 2.05) is 0 Å². The lowest BCUT2D eigenvalue weighted by Gasteiger charge is -2.33. The van der Waals surface area contributed by atoms with Crippen molar-refractivity contribution in [1.29, 1.82) is 0 Å². The Hall–Kier alpha value is -2.98. The Morgan fingerprint density at radius 2 is 2.16 bits per heavy atom. The van der Waals surface area contributed by atoms with Gasteiger partial charge in [0.1, 0.15) is 23.3 Å². The molecule has 0 saturated carbocycles. The third kappa shape index (κ3) is 3.66. The van der Waals surface area contributed by atoms with Gasteiger partial charge in [0.15, 0.2) is 10.8 Å². The number of alkyl halides is 1. The van der Waals surface area contributed by atoms with Gasteiger partial charge in [-0.1, -0.05) is 24.0 Å². The number of nitrogens with one attached hydrogen (secondary N) is 1. The molecule has 2 unspecified atom stereocenters. The van der Waals surface area contributed by atoms with Crippen molar-refractivity contribution in [3.63, 3.8) is 0 Å². The SMILES string of the molecule is C=C(c1nnc(-c2ccc(-c3ncnc(OC)n3)cc2O)s1)[C@H]1CC2CCC(N2)[C@H]1F. The summed E-state index contributed by atoms with van der Waals surface area (Å²) in [6, 6.07) is 5.51. The van der Waals surface area contributed by atoms with E-state index in [0.29, 0.717) is 38.6 Å². The molecule has 4 heterocycles. The van der Waals surface area contributed by atoms with Gasteiger partial charge in [0.2, 0.25) is 0 Å². The van der Waals surface area contributed by atoms with Gasteiger partial charge in [0.25, 0.3) is 0 Å². The number of allylic oxidation sites excluding steroid dienone is 1. The van der Waals surface area contributed by atoms with Crippen molar-refractivity contribution in [2.75, 3.05) is 7.11 Å². The molecule has 2 fully saturated rings. The first-order valence-corrected chi connectivity index (χ1v) is 10.8. The Morgan fingerprint density at radius 3 is 2.97 bits per heavy atom. The molecule has 2 N–H and O–H groups in total. The molecule has 2 aliphatic rings. The number of hydrogen-bond donors (Lipinski definition) is 2. The number of ether oxygens (including phenoxy) is 1. The van der Waals surface area contributed by atoms with Gasteiger partial charge >= 0.3 is 6.01 Å². The van der Waals surface area contributed by atoms with Crippen molar-refractivity contribution < 1.29 is 14.2 Å². The zero-order valence-corrected chi connectivity index (χ0v) is 17.6. The minimum atomic E-state index is -0.969. The molecule has 8 nitrogen and oxygen atoms in total. The fraction of sp³-hybridized carbons (Fsp3) is 0.381. The summed E-state index contributed by atoms with van der Waals surface area (Å²) in [6.45, 7) is 4.14. The number of benzene rings is 1. The largest absolute Gasteiger partial charge is 0.507 e. The van der Waals surface area contributed by atoms with Crippen LogP contribution in [0.15, 0.2) is 31.1 Å². The molecule has 31 heavy (non-hydrogen) atoms. The third-order valence-corrected chi connectivity index (χ3v) is 6.98. The number of nitrogens with zero attached hydrogens (tertiary/aromatic N) is 5. The van der Waals surface area contributed by atoms with E-state index < -0.39 is 6.17 Å². The van der Waals surface area contributed by atoms with E-state index in [0.717, 1.165) is 19.3 Å². The maximum absolute atomic E-state index is 14.9. The standard InChI is InChI=1S/C21H21FN6O2S/c1-10(14-8-12-4-6-15(25-12)17(14)22)19-27-28-20(31-19)13-5-3-11(7-16(13)29)18-23-9-24-21(26-18)30-2/h3,5,7,9,12,14-15,17,25,29H,1,4,6,8H2,2H3/t12?,14-,15?,17+/m1/s1. The van der Waals surface area contributed by atoms with Crippen molar-refractivity contribution in [2.45, 2.75) is 37.5 Å². The van der Waals surface area contributed by atoms with Crippen molar-refractivity contribution in [3.8, 4) is 33.7 Å². The Morgan fingerprint density at radius 1 is 1.29 bits per heavy atom. The molecule has 1 aromatic carbocycles. The topological polar surface area (TPSA) is 106 Å². The van der Waals surface area contributed by atoms with Crippen LogP contribution in [0.25, 0.3) is 27.5 Å². The smallest absolute Gasteiger partial charge is 0.319 e. The quantitative estimate of drug-likeness (QED) is 0.623. The first kappa shape index (κ1) is 20.0. The summed E-state index contributed by atoms with van der Waals surface area (Å²) in [5.41, 5.74) is 1.83. The second kappa shape index (κ2) is 7.93.